The minimum Gasteiger partial charge on any atom is -0.322 e. The van der Waals surface area contributed by atoms with Gasteiger partial charge < -0.3 is 5.32 Å². The second-order valence-electron chi connectivity index (χ2n) is 3.77. The van der Waals surface area contributed by atoms with Gasteiger partial charge in [-0.2, -0.15) is 11.3 Å². The normalized spacial score (nSPS) is 10.1. The average Bonchev–Trinajstić information content (AvgIpc) is 2.77. The van der Waals surface area contributed by atoms with Crippen LogP contribution >= 0.6 is 11.3 Å². The molecule has 1 amide bonds. The topological polar surface area (TPSA) is 29.1 Å². The van der Waals surface area contributed by atoms with E-state index in [2.05, 4.69) is 12.2 Å². The lowest BCUT2D eigenvalue weighted by molar-refractivity contribution is 0.102. The molecule has 2 nitrogen and oxygen atoms in total. The molecule has 0 saturated carbocycles. The summed E-state index contributed by atoms with van der Waals surface area (Å²) in [5, 5.41) is 6.62. The van der Waals surface area contributed by atoms with Crippen molar-refractivity contribution in [1.29, 1.82) is 0 Å². The SMILES string of the molecule is Cc1ccc(NC(=O)c2ccsc2)cc1C. The highest BCUT2D eigenvalue weighted by Crippen LogP contribution is 2.15. The van der Waals surface area contributed by atoms with Crippen LogP contribution in [0.1, 0.15) is 21.5 Å². The molecule has 0 radical (unpaired) electrons. The average molecular weight is 231 g/mol. The molecular weight excluding hydrogens is 218 g/mol. The molecule has 1 heterocycles. The molecule has 0 aliphatic heterocycles. The largest absolute Gasteiger partial charge is 0.322 e. The van der Waals surface area contributed by atoms with Crippen molar-refractivity contribution in [3.05, 3.63) is 51.7 Å². The number of carbonyl (C=O) groups excluding carboxylic acids is 1. The highest BCUT2D eigenvalue weighted by molar-refractivity contribution is 7.08. The zero-order valence-corrected chi connectivity index (χ0v) is 10.1. The van der Waals surface area contributed by atoms with E-state index in [-0.39, 0.29) is 5.91 Å². The van der Waals surface area contributed by atoms with Crippen LogP contribution in [0, 0.1) is 13.8 Å². The van der Waals surface area contributed by atoms with Gasteiger partial charge in [0.2, 0.25) is 0 Å². The lowest BCUT2D eigenvalue weighted by Crippen LogP contribution is -2.10. The maximum absolute atomic E-state index is 11.8. The minimum absolute atomic E-state index is 0.0514. The van der Waals surface area contributed by atoms with E-state index in [1.54, 1.807) is 0 Å². The zero-order chi connectivity index (χ0) is 11.5. The van der Waals surface area contributed by atoms with Gasteiger partial charge in [0.1, 0.15) is 0 Å². The Labute approximate surface area is 98.9 Å². The number of carbonyl (C=O) groups is 1. The van der Waals surface area contributed by atoms with Gasteiger partial charge in [-0.05, 0) is 48.6 Å². The number of benzene rings is 1. The molecule has 1 aromatic heterocycles. The maximum atomic E-state index is 11.8. The predicted octanol–water partition coefficient (Wildman–Crippen LogP) is 3.62. The molecule has 0 saturated heterocycles. The maximum Gasteiger partial charge on any atom is 0.256 e. The van der Waals surface area contributed by atoms with Crippen molar-refractivity contribution in [2.45, 2.75) is 13.8 Å². The van der Waals surface area contributed by atoms with E-state index in [0.29, 0.717) is 5.56 Å². The number of aryl methyl sites for hydroxylation is 2. The lowest BCUT2D eigenvalue weighted by Gasteiger charge is -2.06. The fourth-order valence-corrected chi connectivity index (χ4v) is 2.05. The third-order valence-electron chi connectivity index (χ3n) is 2.55. The van der Waals surface area contributed by atoms with Crippen LogP contribution in [0.25, 0.3) is 0 Å². The second kappa shape index (κ2) is 4.49. The molecular formula is C13H13NOS. The monoisotopic (exact) mass is 231 g/mol. The minimum atomic E-state index is -0.0514. The summed E-state index contributed by atoms with van der Waals surface area (Å²) in [4.78, 5) is 11.8. The molecule has 0 aliphatic rings. The zero-order valence-electron chi connectivity index (χ0n) is 9.28. The predicted molar refractivity (Wildman–Crippen MR) is 68.2 cm³/mol. The quantitative estimate of drug-likeness (QED) is 0.840. The second-order valence-corrected chi connectivity index (χ2v) is 4.55. The standard InChI is InChI=1S/C13H13NOS/c1-9-3-4-12(7-10(9)2)14-13(15)11-5-6-16-8-11/h3-8H,1-2H3,(H,14,15). The molecule has 82 valence electrons. The summed E-state index contributed by atoms with van der Waals surface area (Å²) in [7, 11) is 0. The van der Waals surface area contributed by atoms with Crippen LogP contribution in [0.5, 0.6) is 0 Å². The van der Waals surface area contributed by atoms with Crippen molar-refractivity contribution in [3.63, 3.8) is 0 Å². The first kappa shape index (κ1) is 10.9. The summed E-state index contributed by atoms with van der Waals surface area (Å²) < 4.78 is 0. The van der Waals surface area contributed by atoms with Crippen LogP contribution in [0.3, 0.4) is 0 Å². The van der Waals surface area contributed by atoms with Gasteiger partial charge in [-0.3, -0.25) is 4.79 Å². The summed E-state index contributed by atoms with van der Waals surface area (Å²) in [6, 6.07) is 7.74. The molecule has 16 heavy (non-hydrogen) atoms. The Morgan fingerprint density at radius 2 is 2.00 bits per heavy atom. The van der Waals surface area contributed by atoms with Crippen LogP contribution in [-0.2, 0) is 0 Å². The Morgan fingerprint density at radius 3 is 2.62 bits per heavy atom. The fourth-order valence-electron chi connectivity index (χ4n) is 1.42. The molecule has 0 fully saturated rings. The number of rotatable bonds is 2. The van der Waals surface area contributed by atoms with E-state index in [9.17, 15) is 4.79 Å². The summed E-state index contributed by atoms with van der Waals surface area (Å²) in [6.45, 7) is 4.09. The van der Waals surface area contributed by atoms with E-state index in [4.69, 9.17) is 0 Å². The highest BCUT2D eigenvalue weighted by Gasteiger charge is 2.06. The van der Waals surface area contributed by atoms with Crippen LogP contribution in [0.4, 0.5) is 5.69 Å². The molecule has 1 aromatic carbocycles. The third kappa shape index (κ3) is 2.31. The summed E-state index contributed by atoms with van der Waals surface area (Å²) >= 11 is 1.52. The van der Waals surface area contributed by atoms with Gasteiger partial charge in [0.25, 0.3) is 5.91 Å². The molecule has 3 heteroatoms. The first-order valence-corrected chi connectivity index (χ1v) is 6.02. The number of amides is 1. The molecule has 0 atom stereocenters. The van der Waals surface area contributed by atoms with Gasteiger partial charge in [0.15, 0.2) is 0 Å². The number of anilines is 1. The van der Waals surface area contributed by atoms with E-state index < -0.39 is 0 Å². The molecule has 0 aliphatic carbocycles. The van der Waals surface area contributed by atoms with Crippen LogP contribution in [-0.4, -0.2) is 5.91 Å². The van der Waals surface area contributed by atoms with Crippen molar-refractivity contribution >= 4 is 22.9 Å². The summed E-state index contributed by atoms with van der Waals surface area (Å²) in [6.07, 6.45) is 0. The van der Waals surface area contributed by atoms with Gasteiger partial charge in [-0.1, -0.05) is 6.07 Å². The van der Waals surface area contributed by atoms with Gasteiger partial charge in [-0.15, -0.1) is 0 Å². The Balaban J connectivity index is 2.15. The van der Waals surface area contributed by atoms with Crippen LogP contribution in [0.15, 0.2) is 35.0 Å². The van der Waals surface area contributed by atoms with Crippen LogP contribution in [0.2, 0.25) is 0 Å². The van der Waals surface area contributed by atoms with E-state index in [1.807, 2.05) is 41.9 Å². The van der Waals surface area contributed by atoms with Crippen LogP contribution < -0.4 is 5.32 Å². The molecule has 2 aromatic rings. The number of hydrogen-bond donors (Lipinski definition) is 1. The first-order chi connectivity index (χ1) is 7.66. The van der Waals surface area contributed by atoms with Gasteiger partial charge in [-0.25, -0.2) is 0 Å². The molecule has 2 rings (SSSR count). The summed E-state index contributed by atoms with van der Waals surface area (Å²) in [5.41, 5.74) is 3.97. The van der Waals surface area contributed by atoms with Gasteiger partial charge >= 0.3 is 0 Å². The highest BCUT2D eigenvalue weighted by atomic mass is 32.1. The smallest absolute Gasteiger partial charge is 0.256 e. The molecule has 0 bridgehead atoms. The molecule has 0 spiro atoms. The lowest BCUT2D eigenvalue weighted by atomic mass is 10.1. The van der Waals surface area contributed by atoms with Crippen molar-refractivity contribution in [1.82, 2.24) is 0 Å². The first-order valence-electron chi connectivity index (χ1n) is 5.07. The van der Waals surface area contributed by atoms with Crippen molar-refractivity contribution in [2.24, 2.45) is 0 Å². The Morgan fingerprint density at radius 1 is 1.19 bits per heavy atom. The van der Waals surface area contributed by atoms with E-state index in [0.717, 1.165) is 5.69 Å². The number of nitrogens with one attached hydrogen (secondary N) is 1. The molecule has 0 unspecified atom stereocenters. The van der Waals surface area contributed by atoms with Gasteiger partial charge in [0.05, 0.1) is 5.56 Å². The Bertz CT molecular complexity index is 503. The van der Waals surface area contributed by atoms with E-state index >= 15 is 0 Å². The van der Waals surface area contributed by atoms with E-state index in [1.165, 1.54) is 22.5 Å². The van der Waals surface area contributed by atoms with Crippen molar-refractivity contribution < 1.29 is 4.79 Å². The number of hydrogen-bond acceptors (Lipinski definition) is 2. The Hall–Kier alpha value is -1.61. The summed E-state index contributed by atoms with van der Waals surface area (Å²) in [5.74, 6) is -0.0514. The van der Waals surface area contributed by atoms with Crippen molar-refractivity contribution in [2.75, 3.05) is 5.32 Å². The number of thiophene rings is 1. The third-order valence-corrected chi connectivity index (χ3v) is 3.23. The Kier molecular flexibility index (Phi) is 3.06. The fraction of sp³-hybridized carbons (Fsp3) is 0.154. The molecule has 1 N–H and O–H groups in total. The van der Waals surface area contributed by atoms with Gasteiger partial charge in [0, 0.05) is 11.1 Å². The van der Waals surface area contributed by atoms with Crippen molar-refractivity contribution in [3.8, 4) is 0 Å².